The number of imidazole rings is 1. The van der Waals surface area contributed by atoms with Gasteiger partial charge in [-0.25, -0.2) is 9.37 Å². The predicted octanol–water partition coefficient (Wildman–Crippen LogP) is 2.81. The van der Waals surface area contributed by atoms with Crippen LogP contribution in [-0.4, -0.2) is 83.0 Å². The maximum absolute atomic E-state index is 13.4. The van der Waals surface area contributed by atoms with Gasteiger partial charge >= 0.3 is 0 Å². The molecular weight excluding hydrogens is 483 g/mol. The Kier molecular flexibility index (Phi) is 8.14. The number of amides is 2. The predicted molar refractivity (Wildman–Crippen MR) is 144 cm³/mol. The van der Waals surface area contributed by atoms with Gasteiger partial charge in [0.25, 0.3) is 5.91 Å². The highest BCUT2D eigenvalue weighted by atomic mass is 19.1. The molecule has 2 aromatic carbocycles. The van der Waals surface area contributed by atoms with Crippen LogP contribution in [-0.2, 0) is 4.79 Å². The number of carbonyl (C=O) groups excluding carboxylic acids is 2. The van der Waals surface area contributed by atoms with Crippen LogP contribution in [0.1, 0.15) is 41.1 Å². The number of piperazine rings is 1. The highest BCUT2D eigenvalue weighted by molar-refractivity contribution is 5.97. The van der Waals surface area contributed by atoms with E-state index in [1.165, 1.54) is 12.1 Å². The molecule has 1 aliphatic heterocycles. The summed E-state index contributed by atoms with van der Waals surface area (Å²) in [6.07, 6.45) is 7.60. The number of hydrogen-bond acceptors (Lipinski definition) is 5. The van der Waals surface area contributed by atoms with Crippen molar-refractivity contribution in [3.63, 3.8) is 0 Å². The Hall–Kier alpha value is -3.56. The van der Waals surface area contributed by atoms with E-state index in [4.69, 9.17) is 0 Å². The van der Waals surface area contributed by atoms with Crippen LogP contribution in [0, 0.1) is 5.82 Å². The third-order valence-electron chi connectivity index (χ3n) is 7.52. The van der Waals surface area contributed by atoms with Crippen LogP contribution in [0.5, 0.6) is 0 Å². The molecule has 5 rings (SSSR count). The second kappa shape index (κ2) is 11.9. The molecule has 3 aromatic rings. The standard InChI is InChI=1S/C29H35FN6O2/c1-34-15-17-35(18-16-34)29(38)26(3-2-12-32-27-19-25(27)21-4-8-23(30)9-5-21)33-28(37)22-6-10-24(11-7-22)36-14-13-31-20-36/h4-11,13-14,20,25-27,32H,2-3,12,15-19H2,1H3,(H,33,37)/t25-,26?,27+/m0/s1. The average molecular weight is 519 g/mol. The van der Waals surface area contributed by atoms with Crippen molar-refractivity contribution >= 4 is 11.8 Å². The Morgan fingerprint density at radius 3 is 2.47 bits per heavy atom. The van der Waals surface area contributed by atoms with Crippen LogP contribution in [0.4, 0.5) is 4.39 Å². The smallest absolute Gasteiger partial charge is 0.251 e. The van der Waals surface area contributed by atoms with Crippen LogP contribution in [0.25, 0.3) is 5.69 Å². The summed E-state index contributed by atoms with van der Waals surface area (Å²) in [6, 6.07) is 13.8. The fraction of sp³-hybridized carbons (Fsp3) is 0.414. The van der Waals surface area contributed by atoms with E-state index in [2.05, 4.69) is 27.6 Å². The van der Waals surface area contributed by atoms with Crippen molar-refractivity contribution in [2.75, 3.05) is 39.8 Å². The quantitative estimate of drug-likeness (QED) is 0.404. The molecule has 8 nitrogen and oxygen atoms in total. The van der Waals surface area contributed by atoms with Crippen LogP contribution in [0.15, 0.2) is 67.3 Å². The number of halogens is 1. The molecule has 1 saturated heterocycles. The lowest BCUT2D eigenvalue weighted by atomic mass is 10.1. The van der Waals surface area contributed by atoms with Crippen molar-refractivity contribution in [2.24, 2.45) is 0 Å². The van der Waals surface area contributed by atoms with Crippen LogP contribution < -0.4 is 10.6 Å². The van der Waals surface area contributed by atoms with E-state index >= 15 is 0 Å². The molecule has 2 amide bonds. The lowest BCUT2D eigenvalue weighted by molar-refractivity contribution is -0.135. The molecule has 38 heavy (non-hydrogen) atoms. The third-order valence-corrected chi connectivity index (χ3v) is 7.52. The van der Waals surface area contributed by atoms with E-state index in [1.54, 1.807) is 24.7 Å². The Morgan fingerprint density at radius 1 is 1.05 bits per heavy atom. The summed E-state index contributed by atoms with van der Waals surface area (Å²) < 4.78 is 15.1. The first kappa shape index (κ1) is 26.1. The van der Waals surface area contributed by atoms with Gasteiger partial charge in [0.15, 0.2) is 0 Å². The molecule has 1 aliphatic carbocycles. The van der Waals surface area contributed by atoms with Crippen molar-refractivity contribution in [2.45, 2.75) is 37.3 Å². The molecule has 2 fully saturated rings. The Balaban J connectivity index is 1.16. The third kappa shape index (κ3) is 6.46. The van der Waals surface area contributed by atoms with Gasteiger partial charge in [-0.05, 0) is 74.8 Å². The van der Waals surface area contributed by atoms with Gasteiger partial charge in [-0.15, -0.1) is 0 Å². The van der Waals surface area contributed by atoms with Gasteiger partial charge in [0.05, 0.1) is 6.33 Å². The average Bonchev–Trinajstić information content (AvgIpc) is 3.49. The topological polar surface area (TPSA) is 82.5 Å². The highest BCUT2D eigenvalue weighted by Gasteiger charge is 2.37. The Labute approximate surface area is 222 Å². The van der Waals surface area contributed by atoms with Gasteiger partial charge in [0.2, 0.25) is 5.91 Å². The largest absolute Gasteiger partial charge is 0.340 e. The zero-order valence-corrected chi connectivity index (χ0v) is 21.7. The molecule has 0 radical (unpaired) electrons. The van der Waals surface area contributed by atoms with E-state index < -0.39 is 6.04 Å². The zero-order valence-electron chi connectivity index (χ0n) is 21.7. The van der Waals surface area contributed by atoms with Gasteiger partial charge in [-0.1, -0.05) is 12.1 Å². The van der Waals surface area contributed by atoms with Crippen LogP contribution >= 0.6 is 0 Å². The lowest BCUT2D eigenvalue weighted by Crippen LogP contribution is -2.54. The molecule has 2 heterocycles. The maximum Gasteiger partial charge on any atom is 0.251 e. The van der Waals surface area contributed by atoms with Crippen molar-refractivity contribution in [1.82, 2.24) is 30.0 Å². The number of nitrogens with one attached hydrogen (secondary N) is 2. The Bertz CT molecular complexity index is 1210. The summed E-state index contributed by atoms with van der Waals surface area (Å²) in [4.78, 5) is 34.7. The SMILES string of the molecule is CN1CCN(C(=O)C(CCCN[C@@H]2C[C@H]2c2ccc(F)cc2)NC(=O)c2ccc(-n3ccnc3)cc2)CC1. The van der Waals surface area contributed by atoms with E-state index in [0.29, 0.717) is 37.0 Å². The molecule has 2 aliphatic rings. The first-order valence-corrected chi connectivity index (χ1v) is 13.3. The highest BCUT2D eigenvalue weighted by Crippen LogP contribution is 2.40. The van der Waals surface area contributed by atoms with Crippen molar-refractivity contribution < 1.29 is 14.0 Å². The Morgan fingerprint density at radius 2 is 1.79 bits per heavy atom. The van der Waals surface area contributed by atoms with Crippen LogP contribution in [0.3, 0.4) is 0 Å². The molecule has 3 atom stereocenters. The maximum atomic E-state index is 13.4. The van der Waals surface area contributed by atoms with Crippen molar-refractivity contribution in [3.8, 4) is 5.69 Å². The van der Waals surface area contributed by atoms with Crippen molar-refractivity contribution in [1.29, 1.82) is 0 Å². The molecule has 9 heteroatoms. The summed E-state index contributed by atoms with van der Waals surface area (Å²) in [6.45, 7) is 3.75. The van der Waals surface area contributed by atoms with Gasteiger partial charge in [0.1, 0.15) is 11.9 Å². The number of rotatable bonds is 10. The number of carbonyl (C=O) groups is 2. The van der Waals surface area contributed by atoms with Gasteiger partial charge in [-0.3, -0.25) is 9.59 Å². The van der Waals surface area contributed by atoms with E-state index in [-0.39, 0.29) is 17.6 Å². The first-order chi connectivity index (χ1) is 18.5. The fourth-order valence-corrected chi connectivity index (χ4v) is 5.04. The molecular formula is C29H35FN6O2. The van der Waals surface area contributed by atoms with Crippen molar-refractivity contribution in [3.05, 3.63) is 84.2 Å². The molecule has 1 saturated carbocycles. The van der Waals surface area contributed by atoms with Gasteiger partial charge < -0.3 is 25.0 Å². The minimum Gasteiger partial charge on any atom is -0.340 e. The minimum atomic E-state index is -0.576. The van der Waals surface area contributed by atoms with Gasteiger partial charge in [0, 0.05) is 61.8 Å². The van der Waals surface area contributed by atoms with E-state index in [1.807, 2.05) is 39.9 Å². The molecule has 1 unspecified atom stereocenters. The zero-order chi connectivity index (χ0) is 26.5. The summed E-state index contributed by atoms with van der Waals surface area (Å²) >= 11 is 0. The second-order valence-electron chi connectivity index (χ2n) is 10.3. The van der Waals surface area contributed by atoms with E-state index in [9.17, 15) is 14.0 Å². The fourth-order valence-electron chi connectivity index (χ4n) is 5.04. The molecule has 0 spiro atoms. The lowest BCUT2D eigenvalue weighted by Gasteiger charge is -2.34. The number of nitrogens with zero attached hydrogens (tertiary/aromatic N) is 4. The summed E-state index contributed by atoms with van der Waals surface area (Å²) in [7, 11) is 2.05. The summed E-state index contributed by atoms with van der Waals surface area (Å²) in [5.41, 5.74) is 2.58. The monoisotopic (exact) mass is 518 g/mol. The van der Waals surface area contributed by atoms with Crippen LogP contribution in [0.2, 0.25) is 0 Å². The molecule has 1 aromatic heterocycles. The summed E-state index contributed by atoms with van der Waals surface area (Å²) in [5, 5.41) is 6.57. The number of aromatic nitrogens is 2. The second-order valence-corrected chi connectivity index (χ2v) is 10.3. The summed E-state index contributed by atoms with van der Waals surface area (Å²) in [5.74, 6) is -0.0761. The number of benzene rings is 2. The van der Waals surface area contributed by atoms with E-state index in [0.717, 1.165) is 43.7 Å². The van der Waals surface area contributed by atoms with Gasteiger partial charge in [-0.2, -0.15) is 0 Å². The first-order valence-electron chi connectivity index (χ1n) is 13.3. The minimum absolute atomic E-state index is 0.0166. The molecule has 200 valence electrons. The number of likely N-dealkylation sites (N-methyl/N-ethyl adjacent to an activating group) is 1. The number of hydrogen-bond donors (Lipinski definition) is 2. The normalized spacial score (nSPS) is 20.2. The molecule has 2 N–H and O–H groups in total. The molecule has 0 bridgehead atoms.